The van der Waals surface area contributed by atoms with Crippen LogP contribution in [-0.4, -0.2) is 15.3 Å². The lowest BCUT2D eigenvalue weighted by molar-refractivity contribution is -0.120. The van der Waals surface area contributed by atoms with Crippen molar-refractivity contribution in [3.63, 3.8) is 0 Å². The Balaban J connectivity index is 1.63. The van der Waals surface area contributed by atoms with Gasteiger partial charge in [0.2, 0.25) is 5.91 Å². The van der Waals surface area contributed by atoms with E-state index in [9.17, 15) is 9.18 Å². The van der Waals surface area contributed by atoms with Gasteiger partial charge in [-0.2, -0.15) is 0 Å². The normalized spacial score (nSPS) is 11.1. The molecule has 2 aromatic heterocycles. The number of rotatable bonds is 5. The number of aromatic nitrogens is 2. The number of halogens is 2. The van der Waals surface area contributed by atoms with E-state index in [0.717, 1.165) is 33.7 Å². The molecule has 0 radical (unpaired) electrons. The molecule has 0 fully saturated rings. The van der Waals surface area contributed by atoms with Gasteiger partial charge in [0, 0.05) is 23.3 Å². The minimum Gasteiger partial charge on any atom is -0.352 e. The average molecular weight is 422 g/mol. The van der Waals surface area contributed by atoms with E-state index >= 15 is 0 Å². The summed E-state index contributed by atoms with van der Waals surface area (Å²) in [7, 11) is 0. The number of nitrogens with zero attached hydrogens (tertiary/aromatic N) is 2. The zero-order chi connectivity index (χ0) is 21.3. The standard InChI is InChI=1S/C24H21ClFN3O/c1-15-3-6-17(7-4-15)24-21(29-14-16(2)5-10-22(29)28-24)12-23(30)27-13-18-8-9-19(26)11-20(18)25/h3-11,14H,12-13H2,1-2H3,(H,27,30). The molecule has 0 aliphatic rings. The molecule has 0 saturated heterocycles. The number of pyridine rings is 1. The Hall–Kier alpha value is -3.18. The smallest absolute Gasteiger partial charge is 0.226 e. The van der Waals surface area contributed by atoms with Gasteiger partial charge in [-0.05, 0) is 43.2 Å². The molecular weight excluding hydrogens is 401 g/mol. The van der Waals surface area contributed by atoms with Crippen molar-refractivity contribution in [2.45, 2.75) is 26.8 Å². The van der Waals surface area contributed by atoms with Crippen LogP contribution in [0.1, 0.15) is 22.4 Å². The second-order valence-corrected chi connectivity index (χ2v) is 7.80. The largest absolute Gasteiger partial charge is 0.352 e. The minimum absolute atomic E-state index is 0.159. The van der Waals surface area contributed by atoms with Crippen LogP contribution in [0.4, 0.5) is 4.39 Å². The minimum atomic E-state index is -0.404. The summed E-state index contributed by atoms with van der Waals surface area (Å²) in [6.45, 7) is 4.27. The number of hydrogen-bond donors (Lipinski definition) is 1. The van der Waals surface area contributed by atoms with Crippen LogP contribution in [0, 0.1) is 19.7 Å². The SMILES string of the molecule is Cc1ccc(-c2nc3ccc(C)cn3c2CC(=O)NCc2ccc(F)cc2Cl)cc1. The van der Waals surface area contributed by atoms with Crippen LogP contribution in [0.25, 0.3) is 16.9 Å². The predicted octanol–water partition coefficient (Wildman–Crippen LogP) is 5.27. The molecule has 0 aliphatic carbocycles. The van der Waals surface area contributed by atoms with Crippen LogP contribution in [0.15, 0.2) is 60.8 Å². The molecule has 4 rings (SSSR count). The number of carbonyl (C=O) groups excluding carboxylic acids is 1. The van der Waals surface area contributed by atoms with Gasteiger partial charge in [0.15, 0.2) is 0 Å². The van der Waals surface area contributed by atoms with E-state index in [4.69, 9.17) is 16.6 Å². The van der Waals surface area contributed by atoms with Gasteiger partial charge in [-0.25, -0.2) is 9.37 Å². The molecule has 152 valence electrons. The zero-order valence-electron chi connectivity index (χ0n) is 16.7. The molecular formula is C24H21ClFN3O. The van der Waals surface area contributed by atoms with Gasteiger partial charge in [0.1, 0.15) is 11.5 Å². The fraction of sp³-hybridized carbons (Fsp3) is 0.167. The highest BCUT2D eigenvalue weighted by Crippen LogP contribution is 2.26. The Bertz CT molecular complexity index is 1230. The van der Waals surface area contributed by atoms with E-state index in [1.54, 1.807) is 6.07 Å². The predicted molar refractivity (Wildman–Crippen MR) is 117 cm³/mol. The molecule has 1 N–H and O–H groups in total. The van der Waals surface area contributed by atoms with Crippen molar-refractivity contribution in [3.8, 4) is 11.3 Å². The summed E-state index contributed by atoms with van der Waals surface area (Å²) in [4.78, 5) is 17.5. The molecule has 30 heavy (non-hydrogen) atoms. The first-order valence-electron chi connectivity index (χ1n) is 9.66. The van der Waals surface area contributed by atoms with Crippen LogP contribution in [0.5, 0.6) is 0 Å². The first-order chi connectivity index (χ1) is 14.4. The summed E-state index contributed by atoms with van der Waals surface area (Å²) in [5.74, 6) is -0.564. The molecule has 2 heterocycles. The first kappa shape index (κ1) is 20.1. The monoisotopic (exact) mass is 421 g/mol. The molecule has 1 amide bonds. The fourth-order valence-electron chi connectivity index (χ4n) is 3.38. The first-order valence-corrected chi connectivity index (χ1v) is 10.0. The highest BCUT2D eigenvalue weighted by atomic mass is 35.5. The lowest BCUT2D eigenvalue weighted by atomic mass is 10.1. The number of carbonyl (C=O) groups is 1. The molecule has 0 saturated carbocycles. The summed E-state index contributed by atoms with van der Waals surface area (Å²) < 4.78 is 15.2. The maximum Gasteiger partial charge on any atom is 0.226 e. The summed E-state index contributed by atoms with van der Waals surface area (Å²) in [5.41, 5.74) is 6.27. The van der Waals surface area contributed by atoms with Gasteiger partial charge in [0.25, 0.3) is 0 Å². The summed E-state index contributed by atoms with van der Waals surface area (Å²) >= 11 is 6.06. The van der Waals surface area contributed by atoms with E-state index in [1.165, 1.54) is 12.1 Å². The van der Waals surface area contributed by atoms with E-state index in [-0.39, 0.29) is 18.9 Å². The Kier molecular flexibility index (Phi) is 5.55. The van der Waals surface area contributed by atoms with Gasteiger partial charge < -0.3 is 9.72 Å². The van der Waals surface area contributed by atoms with Crippen molar-refractivity contribution in [1.82, 2.24) is 14.7 Å². The van der Waals surface area contributed by atoms with Crippen molar-refractivity contribution in [2.24, 2.45) is 0 Å². The number of nitrogens with one attached hydrogen (secondary N) is 1. The second kappa shape index (κ2) is 8.28. The van der Waals surface area contributed by atoms with Gasteiger partial charge >= 0.3 is 0 Å². The van der Waals surface area contributed by atoms with Crippen molar-refractivity contribution in [2.75, 3.05) is 0 Å². The zero-order valence-corrected chi connectivity index (χ0v) is 17.5. The molecule has 6 heteroatoms. The maximum atomic E-state index is 13.2. The molecule has 2 aromatic carbocycles. The number of amides is 1. The number of hydrogen-bond acceptors (Lipinski definition) is 2. The third-order valence-electron chi connectivity index (χ3n) is 5.01. The number of benzene rings is 2. The molecule has 0 bridgehead atoms. The third-order valence-corrected chi connectivity index (χ3v) is 5.36. The Morgan fingerprint density at radius 1 is 1.07 bits per heavy atom. The highest BCUT2D eigenvalue weighted by molar-refractivity contribution is 6.31. The topological polar surface area (TPSA) is 46.4 Å². The van der Waals surface area contributed by atoms with Crippen LogP contribution >= 0.6 is 11.6 Å². The summed E-state index contributed by atoms with van der Waals surface area (Å²) in [6, 6.07) is 16.2. The van der Waals surface area contributed by atoms with Crippen LogP contribution in [-0.2, 0) is 17.8 Å². The summed E-state index contributed by atoms with van der Waals surface area (Å²) in [6.07, 6.45) is 2.14. The number of aryl methyl sites for hydroxylation is 2. The summed E-state index contributed by atoms with van der Waals surface area (Å²) in [5, 5.41) is 3.17. The number of imidazole rings is 1. The molecule has 0 unspecified atom stereocenters. The highest BCUT2D eigenvalue weighted by Gasteiger charge is 2.17. The van der Waals surface area contributed by atoms with Crippen molar-refractivity contribution in [1.29, 1.82) is 0 Å². The molecule has 0 spiro atoms. The molecule has 4 aromatic rings. The lowest BCUT2D eigenvalue weighted by Crippen LogP contribution is -2.25. The second-order valence-electron chi connectivity index (χ2n) is 7.40. The quantitative estimate of drug-likeness (QED) is 0.477. The fourth-order valence-corrected chi connectivity index (χ4v) is 3.62. The molecule has 0 atom stereocenters. The van der Waals surface area contributed by atoms with E-state index in [2.05, 4.69) is 5.32 Å². The van der Waals surface area contributed by atoms with Crippen LogP contribution in [0.2, 0.25) is 5.02 Å². The third kappa shape index (κ3) is 4.21. The number of fused-ring (bicyclic) bond motifs is 1. The maximum absolute atomic E-state index is 13.2. The van der Waals surface area contributed by atoms with E-state index < -0.39 is 5.82 Å². The van der Waals surface area contributed by atoms with E-state index in [1.807, 2.05) is 60.8 Å². The van der Waals surface area contributed by atoms with Crippen LogP contribution in [0.3, 0.4) is 0 Å². The van der Waals surface area contributed by atoms with Crippen molar-refractivity contribution < 1.29 is 9.18 Å². The van der Waals surface area contributed by atoms with Crippen LogP contribution < -0.4 is 5.32 Å². The van der Waals surface area contributed by atoms with Gasteiger partial charge in [-0.3, -0.25) is 4.79 Å². The molecule has 4 nitrogen and oxygen atoms in total. The van der Waals surface area contributed by atoms with Crippen molar-refractivity contribution >= 4 is 23.2 Å². The van der Waals surface area contributed by atoms with Gasteiger partial charge in [-0.1, -0.05) is 53.6 Å². The molecule has 0 aliphatic heterocycles. The lowest BCUT2D eigenvalue weighted by Gasteiger charge is -2.09. The van der Waals surface area contributed by atoms with Gasteiger partial charge in [-0.15, -0.1) is 0 Å². The average Bonchev–Trinajstić information content (AvgIpc) is 3.05. The van der Waals surface area contributed by atoms with Gasteiger partial charge in [0.05, 0.1) is 17.8 Å². The Morgan fingerprint density at radius 3 is 2.53 bits per heavy atom. The Morgan fingerprint density at radius 2 is 1.80 bits per heavy atom. The van der Waals surface area contributed by atoms with Crippen molar-refractivity contribution in [3.05, 3.63) is 94.0 Å². The Labute approximate surface area is 179 Å². The van der Waals surface area contributed by atoms with E-state index in [0.29, 0.717) is 10.6 Å².